The number of benzene rings is 1. The number of nitrogens with zero attached hydrogens (tertiary/aromatic N) is 1. The molecule has 0 radical (unpaired) electrons. The van der Waals surface area contributed by atoms with Crippen LogP contribution in [0.15, 0.2) is 42.7 Å². The van der Waals surface area contributed by atoms with E-state index < -0.39 is 0 Å². The number of ether oxygens (including phenoxy) is 1. The highest BCUT2D eigenvalue weighted by Crippen LogP contribution is 2.34. The van der Waals surface area contributed by atoms with Gasteiger partial charge in [0.05, 0.1) is 7.11 Å². The lowest BCUT2D eigenvalue weighted by molar-refractivity contribution is -0.672. The van der Waals surface area contributed by atoms with Gasteiger partial charge in [0.2, 0.25) is 0 Å². The minimum Gasteiger partial charge on any atom is -1.00 e. The zero-order valence-corrected chi connectivity index (χ0v) is 15.5. The van der Waals surface area contributed by atoms with Gasteiger partial charge < -0.3 is 28.7 Å². The Kier molecular flexibility index (Phi) is 6.24. The van der Waals surface area contributed by atoms with E-state index in [1.54, 1.807) is 18.2 Å². The Labute approximate surface area is 150 Å². The molecule has 1 aromatic heterocycles. The normalized spacial score (nSPS) is 16.5. The van der Waals surface area contributed by atoms with E-state index in [-0.39, 0.29) is 24.0 Å². The number of hydrogen-bond donors (Lipinski definition) is 0. The van der Waals surface area contributed by atoms with E-state index in [9.17, 15) is 0 Å². The molecule has 3 heteroatoms. The maximum absolute atomic E-state index is 5.31. The van der Waals surface area contributed by atoms with Gasteiger partial charge in [-0.05, 0) is 61.3 Å². The lowest BCUT2D eigenvalue weighted by Gasteiger charge is -2.24. The van der Waals surface area contributed by atoms with Gasteiger partial charge in [0.15, 0.2) is 12.4 Å². The fourth-order valence-electron chi connectivity index (χ4n) is 3.44. The molecule has 0 N–H and O–H groups in total. The van der Waals surface area contributed by atoms with Gasteiger partial charge in [0.25, 0.3) is 0 Å². The molecule has 0 fully saturated rings. The molecule has 1 aromatic carbocycles. The number of halogens is 1. The fraction of sp³-hybridized carbons (Fsp3) is 0.421. The van der Waals surface area contributed by atoms with Crippen LogP contribution >= 0.6 is 0 Å². The molecule has 1 aliphatic carbocycles. The molecule has 1 unspecified atom stereocenters. The van der Waals surface area contributed by atoms with Crippen molar-refractivity contribution in [2.24, 2.45) is 7.05 Å². The first-order valence-electron chi connectivity index (χ1n) is 7.87. The van der Waals surface area contributed by atoms with Crippen molar-refractivity contribution in [1.29, 1.82) is 0 Å². The molecule has 2 nitrogen and oxygen atoms in total. The number of aryl methyl sites for hydroxylation is 3. The monoisotopic (exact) mass is 409 g/mol. The van der Waals surface area contributed by atoms with Crippen molar-refractivity contribution in [3.63, 3.8) is 0 Å². The Bertz CT molecular complexity index is 627. The summed E-state index contributed by atoms with van der Waals surface area (Å²) >= 11 is 0. The Balaban J connectivity index is 0.00000176. The number of pyridine rings is 1. The molecular formula is C19H24INO. The standard InChI is InChI=1S/C19H24NO.HI/c1-20-12-11-19-16(6-4-7-17(19)14-20)10-9-15-5-3-8-18(13-15)21-2;/h3,5,8,11-14,16H,4,6-7,9-10H2,1-2H3;1H/q+1;/p-1. The third kappa shape index (κ3) is 4.00. The van der Waals surface area contributed by atoms with E-state index in [1.807, 2.05) is 6.07 Å². The Morgan fingerprint density at radius 2 is 2.14 bits per heavy atom. The lowest BCUT2D eigenvalue weighted by Crippen LogP contribution is -3.00. The Morgan fingerprint density at radius 1 is 1.27 bits per heavy atom. The summed E-state index contributed by atoms with van der Waals surface area (Å²) in [6.07, 6.45) is 10.7. The van der Waals surface area contributed by atoms with Crippen LogP contribution in [0.1, 0.15) is 41.9 Å². The first-order chi connectivity index (χ1) is 10.3. The summed E-state index contributed by atoms with van der Waals surface area (Å²) in [7, 11) is 3.84. The van der Waals surface area contributed by atoms with Gasteiger partial charge in [-0.1, -0.05) is 12.1 Å². The molecule has 3 rings (SSSR count). The second-order valence-corrected chi connectivity index (χ2v) is 6.07. The van der Waals surface area contributed by atoms with Crippen molar-refractivity contribution in [2.45, 2.75) is 38.0 Å². The molecule has 1 heterocycles. The average molecular weight is 409 g/mol. The van der Waals surface area contributed by atoms with Crippen molar-refractivity contribution in [2.75, 3.05) is 7.11 Å². The van der Waals surface area contributed by atoms with Crippen LogP contribution in [-0.4, -0.2) is 7.11 Å². The minimum absolute atomic E-state index is 0. The highest BCUT2D eigenvalue weighted by Gasteiger charge is 2.22. The van der Waals surface area contributed by atoms with E-state index in [0.717, 1.165) is 12.2 Å². The van der Waals surface area contributed by atoms with Crippen molar-refractivity contribution < 1.29 is 33.3 Å². The summed E-state index contributed by atoms with van der Waals surface area (Å²) in [5.74, 6) is 1.67. The van der Waals surface area contributed by atoms with Gasteiger partial charge >= 0.3 is 0 Å². The molecule has 0 amide bonds. The van der Waals surface area contributed by atoms with Crippen LogP contribution in [0.4, 0.5) is 0 Å². The lowest BCUT2D eigenvalue weighted by atomic mass is 9.81. The number of aromatic nitrogens is 1. The quantitative estimate of drug-likeness (QED) is 0.532. The molecule has 0 saturated carbocycles. The smallest absolute Gasteiger partial charge is 0.171 e. The third-order valence-corrected chi connectivity index (χ3v) is 4.57. The highest BCUT2D eigenvalue weighted by atomic mass is 127. The van der Waals surface area contributed by atoms with Crippen LogP contribution in [-0.2, 0) is 19.9 Å². The Hall–Kier alpha value is -1.10. The molecular weight excluding hydrogens is 385 g/mol. The van der Waals surface area contributed by atoms with E-state index in [4.69, 9.17) is 4.74 Å². The molecule has 0 saturated heterocycles. The van der Waals surface area contributed by atoms with Gasteiger partial charge in [0.1, 0.15) is 12.8 Å². The first-order valence-corrected chi connectivity index (χ1v) is 7.87. The summed E-state index contributed by atoms with van der Waals surface area (Å²) in [5, 5.41) is 0. The predicted octanol–water partition coefficient (Wildman–Crippen LogP) is 0.576. The SMILES string of the molecule is COc1cccc(CCC2CCCc3c[n+](C)ccc32)c1.[I-]. The number of rotatable bonds is 4. The topological polar surface area (TPSA) is 13.1 Å². The zero-order valence-electron chi connectivity index (χ0n) is 13.4. The summed E-state index contributed by atoms with van der Waals surface area (Å²) in [6, 6.07) is 10.8. The van der Waals surface area contributed by atoms with E-state index in [1.165, 1.54) is 31.2 Å². The second-order valence-electron chi connectivity index (χ2n) is 6.07. The molecule has 22 heavy (non-hydrogen) atoms. The minimum atomic E-state index is 0. The van der Waals surface area contributed by atoms with Gasteiger partial charge in [-0.15, -0.1) is 0 Å². The molecule has 2 aromatic rings. The fourth-order valence-corrected chi connectivity index (χ4v) is 3.44. The molecule has 0 aliphatic heterocycles. The van der Waals surface area contributed by atoms with Crippen LogP contribution in [0.25, 0.3) is 0 Å². The molecule has 0 bridgehead atoms. The van der Waals surface area contributed by atoms with Crippen LogP contribution in [0, 0.1) is 0 Å². The van der Waals surface area contributed by atoms with Crippen molar-refractivity contribution in [1.82, 2.24) is 0 Å². The summed E-state index contributed by atoms with van der Waals surface area (Å²) in [6.45, 7) is 0. The van der Waals surface area contributed by atoms with Gasteiger partial charge in [-0.3, -0.25) is 0 Å². The maximum Gasteiger partial charge on any atom is 0.171 e. The van der Waals surface area contributed by atoms with Gasteiger partial charge in [-0.25, -0.2) is 4.57 Å². The predicted molar refractivity (Wildman–Crippen MR) is 84.6 cm³/mol. The first kappa shape index (κ1) is 17.3. The maximum atomic E-state index is 5.31. The Morgan fingerprint density at radius 3 is 2.95 bits per heavy atom. The third-order valence-electron chi connectivity index (χ3n) is 4.57. The molecule has 1 atom stereocenters. The van der Waals surface area contributed by atoms with Crippen LogP contribution in [0.5, 0.6) is 5.75 Å². The second kappa shape index (κ2) is 7.95. The van der Waals surface area contributed by atoms with Crippen molar-refractivity contribution in [3.05, 3.63) is 59.4 Å². The van der Waals surface area contributed by atoms with Crippen LogP contribution in [0.2, 0.25) is 0 Å². The molecule has 0 spiro atoms. The highest BCUT2D eigenvalue weighted by molar-refractivity contribution is 5.30. The molecule has 118 valence electrons. The van der Waals surface area contributed by atoms with Crippen LogP contribution < -0.4 is 33.3 Å². The summed E-state index contributed by atoms with van der Waals surface area (Å²) < 4.78 is 7.48. The van der Waals surface area contributed by atoms with Crippen LogP contribution in [0.3, 0.4) is 0 Å². The molecule has 1 aliphatic rings. The number of methoxy groups -OCH3 is 1. The average Bonchev–Trinajstić information content (AvgIpc) is 2.52. The van der Waals surface area contributed by atoms with E-state index in [2.05, 4.69) is 48.3 Å². The summed E-state index contributed by atoms with van der Waals surface area (Å²) in [5.41, 5.74) is 4.49. The zero-order chi connectivity index (χ0) is 14.7. The van der Waals surface area contributed by atoms with Crippen molar-refractivity contribution >= 4 is 0 Å². The van der Waals surface area contributed by atoms with Gasteiger partial charge in [0, 0.05) is 11.6 Å². The van der Waals surface area contributed by atoms with E-state index >= 15 is 0 Å². The van der Waals surface area contributed by atoms with E-state index in [0.29, 0.717) is 5.92 Å². The largest absolute Gasteiger partial charge is 1.00 e. The van der Waals surface area contributed by atoms with Gasteiger partial charge in [-0.2, -0.15) is 0 Å². The number of fused-ring (bicyclic) bond motifs is 1. The van der Waals surface area contributed by atoms with Crippen molar-refractivity contribution in [3.8, 4) is 5.75 Å². The number of hydrogen-bond acceptors (Lipinski definition) is 1. The summed E-state index contributed by atoms with van der Waals surface area (Å²) in [4.78, 5) is 0.